The number of halogens is 4. The van der Waals surface area contributed by atoms with Crippen molar-refractivity contribution in [3.63, 3.8) is 0 Å². The minimum atomic E-state index is -4.63. The van der Waals surface area contributed by atoms with Crippen LogP contribution in [0.3, 0.4) is 0 Å². The fourth-order valence-corrected chi connectivity index (χ4v) is 2.76. The van der Waals surface area contributed by atoms with Crippen molar-refractivity contribution in [2.24, 2.45) is 5.73 Å². The predicted molar refractivity (Wildman–Crippen MR) is 109 cm³/mol. The number of carbonyl (C=O) groups is 2. The van der Waals surface area contributed by atoms with Gasteiger partial charge in [-0.05, 0) is 30.3 Å². The summed E-state index contributed by atoms with van der Waals surface area (Å²) in [5.74, 6) is -1.53. The minimum Gasteiger partial charge on any atom is -0.493 e. The van der Waals surface area contributed by atoms with E-state index in [4.69, 9.17) is 36.3 Å². The summed E-state index contributed by atoms with van der Waals surface area (Å²) in [7, 11) is 2.71. The van der Waals surface area contributed by atoms with E-state index in [1.54, 1.807) is 0 Å². The fourth-order valence-electron chi connectivity index (χ4n) is 2.49. The first-order valence-corrected chi connectivity index (χ1v) is 9.37. The number of hydrogen-bond acceptors (Lipinski definition) is 6. The van der Waals surface area contributed by atoms with Crippen LogP contribution in [0.2, 0.25) is 5.02 Å². The summed E-state index contributed by atoms with van der Waals surface area (Å²) in [5.41, 5.74) is 3.81. The SMILES string of the molecule is COCCOc1ccc(C(F)(F)F)cc1NC(=O)c1cc(Cl)c(OCC(N)=O)c(OC)c1. The first-order chi connectivity index (χ1) is 15.1. The Kier molecular flexibility index (Phi) is 8.56. The molecule has 2 rings (SSSR count). The van der Waals surface area contributed by atoms with Gasteiger partial charge in [0, 0.05) is 12.7 Å². The number of nitrogens with two attached hydrogens (primary N) is 1. The number of amides is 2. The molecular formula is C20H20ClF3N2O6. The summed E-state index contributed by atoms with van der Waals surface area (Å²) >= 11 is 6.12. The van der Waals surface area contributed by atoms with Gasteiger partial charge in [-0.3, -0.25) is 9.59 Å². The number of nitrogens with one attached hydrogen (secondary N) is 1. The summed E-state index contributed by atoms with van der Waals surface area (Å²) in [6.45, 7) is -0.238. The number of carbonyl (C=O) groups excluding carboxylic acids is 2. The second-order valence-corrected chi connectivity index (χ2v) is 6.66. The van der Waals surface area contributed by atoms with E-state index in [9.17, 15) is 22.8 Å². The van der Waals surface area contributed by atoms with Crippen LogP contribution in [0, 0.1) is 0 Å². The van der Waals surface area contributed by atoms with Crippen LogP contribution in [0.1, 0.15) is 15.9 Å². The van der Waals surface area contributed by atoms with E-state index in [1.165, 1.54) is 26.4 Å². The zero-order valence-corrected chi connectivity index (χ0v) is 17.8. The normalized spacial score (nSPS) is 11.1. The van der Waals surface area contributed by atoms with Gasteiger partial charge in [-0.25, -0.2) is 0 Å². The zero-order valence-electron chi connectivity index (χ0n) is 17.0. The Morgan fingerprint density at radius 2 is 1.78 bits per heavy atom. The lowest BCUT2D eigenvalue weighted by Gasteiger charge is -2.16. The van der Waals surface area contributed by atoms with Gasteiger partial charge in [-0.2, -0.15) is 13.2 Å². The van der Waals surface area contributed by atoms with E-state index in [0.29, 0.717) is 0 Å². The zero-order chi connectivity index (χ0) is 23.9. The molecule has 0 heterocycles. The largest absolute Gasteiger partial charge is 0.493 e. The predicted octanol–water partition coefficient (Wildman–Crippen LogP) is 3.51. The Morgan fingerprint density at radius 1 is 1.06 bits per heavy atom. The number of hydrogen-bond donors (Lipinski definition) is 2. The van der Waals surface area contributed by atoms with Crippen molar-refractivity contribution >= 4 is 29.1 Å². The minimum absolute atomic E-state index is 0.0165. The van der Waals surface area contributed by atoms with Gasteiger partial charge < -0.3 is 30.0 Å². The van der Waals surface area contributed by atoms with Crippen molar-refractivity contribution in [3.8, 4) is 17.2 Å². The molecule has 0 saturated carbocycles. The number of ether oxygens (including phenoxy) is 4. The Labute approximate surface area is 186 Å². The maximum atomic E-state index is 13.1. The van der Waals surface area contributed by atoms with Gasteiger partial charge in [0.25, 0.3) is 11.8 Å². The number of benzene rings is 2. The highest BCUT2D eigenvalue weighted by Gasteiger charge is 2.31. The van der Waals surface area contributed by atoms with Gasteiger partial charge in [0.1, 0.15) is 12.4 Å². The van der Waals surface area contributed by atoms with Crippen molar-refractivity contribution < 1.29 is 41.7 Å². The van der Waals surface area contributed by atoms with Crippen LogP contribution in [-0.4, -0.2) is 45.9 Å². The van der Waals surface area contributed by atoms with Crippen molar-refractivity contribution in [3.05, 3.63) is 46.5 Å². The van der Waals surface area contributed by atoms with Crippen LogP contribution in [0.4, 0.5) is 18.9 Å². The van der Waals surface area contributed by atoms with Crippen LogP contribution >= 0.6 is 11.6 Å². The Morgan fingerprint density at radius 3 is 2.38 bits per heavy atom. The van der Waals surface area contributed by atoms with E-state index in [2.05, 4.69) is 5.32 Å². The van der Waals surface area contributed by atoms with E-state index in [0.717, 1.165) is 18.2 Å². The third kappa shape index (κ3) is 6.66. The molecule has 0 aliphatic carbocycles. The van der Waals surface area contributed by atoms with Crippen molar-refractivity contribution in [1.82, 2.24) is 0 Å². The molecule has 3 N–H and O–H groups in total. The Hall–Kier alpha value is -3.18. The molecule has 0 fully saturated rings. The van der Waals surface area contributed by atoms with Crippen LogP contribution in [0.15, 0.2) is 30.3 Å². The Bertz CT molecular complexity index is 985. The second kappa shape index (κ2) is 10.9. The van der Waals surface area contributed by atoms with Gasteiger partial charge in [-0.15, -0.1) is 0 Å². The molecule has 0 bridgehead atoms. The molecule has 0 saturated heterocycles. The lowest BCUT2D eigenvalue weighted by Crippen LogP contribution is -2.20. The molecular weight excluding hydrogens is 457 g/mol. The van der Waals surface area contributed by atoms with Crippen molar-refractivity contribution in [2.45, 2.75) is 6.18 Å². The highest BCUT2D eigenvalue weighted by Crippen LogP contribution is 2.38. The molecule has 2 aromatic carbocycles. The summed E-state index contributed by atoms with van der Waals surface area (Å²) < 4.78 is 60.0. The maximum absolute atomic E-state index is 13.1. The lowest BCUT2D eigenvalue weighted by molar-refractivity contribution is -0.137. The molecule has 0 aromatic heterocycles. The lowest BCUT2D eigenvalue weighted by atomic mass is 10.1. The van der Waals surface area contributed by atoms with E-state index in [-0.39, 0.29) is 46.7 Å². The average Bonchev–Trinajstić information content (AvgIpc) is 2.72. The highest BCUT2D eigenvalue weighted by molar-refractivity contribution is 6.32. The summed E-state index contributed by atoms with van der Waals surface area (Å²) in [6, 6.07) is 5.14. The number of anilines is 1. The molecule has 0 atom stereocenters. The molecule has 0 radical (unpaired) electrons. The van der Waals surface area contributed by atoms with Crippen molar-refractivity contribution in [2.75, 3.05) is 39.4 Å². The standard InChI is InChI=1S/C20H20ClF3N2O6/c1-29-5-6-31-15-4-3-12(20(22,23)24)9-14(15)26-19(28)11-7-13(21)18(16(8-11)30-2)32-10-17(25)27/h3-4,7-9H,5-6,10H2,1-2H3,(H2,25,27)(H,26,28). The highest BCUT2D eigenvalue weighted by atomic mass is 35.5. The van der Waals surface area contributed by atoms with Gasteiger partial charge in [0.2, 0.25) is 0 Å². The van der Waals surface area contributed by atoms with Crippen molar-refractivity contribution in [1.29, 1.82) is 0 Å². The number of methoxy groups -OCH3 is 2. The van der Waals surface area contributed by atoms with Crippen LogP contribution in [-0.2, 0) is 15.7 Å². The molecule has 8 nitrogen and oxygen atoms in total. The van der Waals surface area contributed by atoms with Gasteiger partial charge in [0.15, 0.2) is 18.1 Å². The third-order valence-electron chi connectivity index (χ3n) is 3.95. The van der Waals surface area contributed by atoms with E-state index >= 15 is 0 Å². The Balaban J connectivity index is 2.35. The summed E-state index contributed by atoms with van der Waals surface area (Å²) in [5, 5.41) is 2.31. The van der Waals surface area contributed by atoms with Gasteiger partial charge >= 0.3 is 6.18 Å². The number of alkyl halides is 3. The third-order valence-corrected chi connectivity index (χ3v) is 4.23. The first-order valence-electron chi connectivity index (χ1n) is 8.99. The van der Waals surface area contributed by atoms with E-state index in [1.807, 2.05) is 0 Å². The monoisotopic (exact) mass is 476 g/mol. The molecule has 174 valence electrons. The quantitative estimate of drug-likeness (QED) is 0.508. The first kappa shape index (κ1) is 25.1. The molecule has 12 heteroatoms. The molecule has 32 heavy (non-hydrogen) atoms. The topological polar surface area (TPSA) is 109 Å². The van der Waals surface area contributed by atoms with Crippen LogP contribution < -0.4 is 25.3 Å². The van der Waals surface area contributed by atoms with E-state index < -0.39 is 30.2 Å². The summed E-state index contributed by atoms with van der Waals surface area (Å²) in [4.78, 5) is 23.7. The molecule has 0 aliphatic heterocycles. The van der Waals surface area contributed by atoms with Crippen LogP contribution in [0.5, 0.6) is 17.2 Å². The fraction of sp³-hybridized carbons (Fsp3) is 0.300. The van der Waals surface area contributed by atoms with Gasteiger partial charge in [0.05, 0.1) is 30.0 Å². The molecule has 0 unspecified atom stereocenters. The maximum Gasteiger partial charge on any atom is 0.416 e. The summed E-state index contributed by atoms with van der Waals surface area (Å²) in [6.07, 6.45) is -4.63. The second-order valence-electron chi connectivity index (χ2n) is 6.25. The smallest absolute Gasteiger partial charge is 0.416 e. The average molecular weight is 477 g/mol. The molecule has 2 amide bonds. The molecule has 0 spiro atoms. The van der Waals surface area contributed by atoms with Gasteiger partial charge in [-0.1, -0.05) is 11.6 Å². The number of primary amides is 1. The number of rotatable bonds is 10. The molecule has 0 aliphatic rings. The molecule has 2 aromatic rings. The van der Waals surface area contributed by atoms with Crippen LogP contribution in [0.25, 0.3) is 0 Å².